The number of benzene rings is 1. The van der Waals surface area contributed by atoms with Gasteiger partial charge in [-0.15, -0.1) is 16.9 Å². The van der Waals surface area contributed by atoms with Crippen LogP contribution in [0.5, 0.6) is 0 Å². The molecule has 0 radical (unpaired) electrons. The molecule has 5 nitrogen and oxygen atoms in total. The second-order valence-corrected chi connectivity index (χ2v) is 5.46. The van der Waals surface area contributed by atoms with E-state index in [1.165, 1.54) is 12.1 Å². The van der Waals surface area contributed by atoms with E-state index in [9.17, 15) is 4.39 Å². The monoisotopic (exact) mass is 295 g/mol. The molecule has 0 saturated carbocycles. The second kappa shape index (κ2) is 7.37. The first-order chi connectivity index (χ1) is 9.74. The van der Waals surface area contributed by atoms with Crippen molar-refractivity contribution in [2.45, 2.75) is 30.8 Å². The number of aryl methyl sites for hydroxylation is 1. The van der Waals surface area contributed by atoms with Gasteiger partial charge < -0.3 is 0 Å². The standard InChI is InChI=1S/C13H18FN5S/c1-2-7-19-13(8-16-18-19)12(17-15)9-20-11-5-3-10(14)4-6-11/h3-6,8,12,17H,2,7,9,15H2,1H3. The van der Waals surface area contributed by atoms with Gasteiger partial charge in [0.25, 0.3) is 0 Å². The molecule has 1 atom stereocenters. The van der Waals surface area contributed by atoms with E-state index in [0.717, 1.165) is 29.3 Å². The lowest BCUT2D eigenvalue weighted by Crippen LogP contribution is -2.31. The number of halogens is 1. The zero-order valence-corrected chi connectivity index (χ0v) is 12.1. The van der Waals surface area contributed by atoms with Crippen LogP contribution in [0, 0.1) is 5.82 Å². The van der Waals surface area contributed by atoms with Crippen molar-refractivity contribution in [1.82, 2.24) is 20.4 Å². The molecule has 0 fully saturated rings. The van der Waals surface area contributed by atoms with E-state index in [4.69, 9.17) is 5.84 Å². The highest BCUT2D eigenvalue weighted by Crippen LogP contribution is 2.24. The van der Waals surface area contributed by atoms with Crippen molar-refractivity contribution in [3.8, 4) is 0 Å². The summed E-state index contributed by atoms with van der Waals surface area (Å²) in [7, 11) is 0. The normalized spacial score (nSPS) is 12.6. The Bertz CT molecular complexity index is 528. The zero-order chi connectivity index (χ0) is 14.4. The smallest absolute Gasteiger partial charge is 0.123 e. The van der Waals surface area contributed by atoms with E-state index in [1.54, 1.807) is 30.1 Å². The molecule has 0 bridgehead atoms. The van der Waals surface area contributed by atoms with Crippen molar-refractivity contribution in [2.75, 3.05) is 5.75 Å². The molecule has 1 heterocycles. The van der Waals surface area contributed by atoms with Crippen LogP contribution in [0.3, 0.4) is 0 Å². The van der Waals surface area contributed by atoms with Gasteiger partial charge in [0.1, 0.15) is 5.82 Å². The number of aromatic nitrogens is 3. The second-order valence-electron chi connectivity index (χ2n) is 4.37. The van der Waals surface area contributed by atoms with E-state index < -0.39 is 0 Å². The summed E-state index contributed by atoms with van der Waals surface area (Å²) in [6, 6.07) is 6.38. The van der Waals surface area contributed by atoms with E-state index >= 15 is 0 Å². The summed E-state index contributed by atoms with van der Waals surface area (Å²) in [6.45, 7) is 2.90. The summed E-state index contributed by atoms with van der Waals surface area (Å²) >= 11 is 1.61. The van der Waals surface area contributed by atoms with Gasteiger partial charge in [0.15, 0.2) is 0 Å². The topological polar surface area (TPSA) is 68.8 Å². The first-order valence-electron chi connectivity index (χ1n) is 6.47. The van der Waals surface area contributed by atoms with Crippen LogP contribution in [-0.4, -0.2) is 20.7 Å². The molecular formula is C13H18FN5S. The number of thioether (sulfide) groups is 1. The van der Waals surface area contributed by atoms with Crippen molar-refractivity contribution >= 4 is 11.8 Å². The number of nitrogens with zero attached hydrogens (tertiary/aromatic N) is 3. The van der Waals surface area contributed by atoms with Gasteiger partial charge in [-0.1, -0.05) is 12.1 Å². The number of nitrogens with one attached hydrogen (secondary N) is 1. The van der Waals surface area contributed by atoms with Gasteiger partial charge in [0.2, 0.25) is 0 Å². The Kier molecular flexibility index (Phi) is 5.51. The van der Waals surface area contributed by atoms with Crippen molar-refractivity contribution in [1.29, 1.82) is 0 Å². The van der Waals surface area contributed by atoms with Crippen LogP contribution in [-0.2, 0) is 6.54 Å². The lowest BCUT2D eigenvalue weighted by Gasteiger charge is -2.16. The molecule has 7 heteroatoms. The largest absolute Gasteiger partial charge is 0.271 e. The minimum absolute atomic E-state index is 0.0494. The minimum atomic E-state index is -0.229. The van der Waals surface area contributed by atoms with Gasteiger partial charge in [-0.2, -0.15) is 0 Å². The van der Waals surface area contributed by atoms with Crippen LogP contribution < -0.4 is 11.3 Å². The fourth-order valence-corrected chi connectivity index (χ4v) is 2.80. The van der Waals surface area contributed by atoms with E-state index in [2.05, 4.69) is 22.7 Å². The highest BCUT2D eigenvalue weighted by Gasteiger charge is 2.15. The zero-order valence-electron chi connectivity index (χ0n) is 11.3. The maximum Gasteiger partial charge on any atom is 0.123 e. The Labute approximate surface area is 121 Å². The van der Waals surface area contributed by atoms with Crippen molar-refractivity contribution in [3.05, 3.63) is 42.0 Å². The maximum absolute atomic E-state index is 12.9. The molecular weight excluding hydrogens is 277 g/mol. The lowest BCUT2D eigenvalue weighted by atomic mass is 10.2. The minimum Gasteiger partial charge on any atom is -0.271 e. The summed E-state index contributed by atoms with van der Waals surface area (Å²) in [4.78, 5) is 1.00. The SMILES string of the molecule is CCCn1nncc1C(CSc1ccc(F)cc1)NN. The quantitative estimate of drug-likeness (QED) is 0.465. The van der Waals surface area contributed by atoms with E-state index in [0.29, 0.717) is 0 Å². The Morgan fingerprint density at radius 2 is 2.15 bits per heavy atom. The van der Waals surface area contributed by atoms with Gasteiger partial charge in [-0.05, 0) is 30.7 Å². The third kappa shape index (κ3) is 3.78. The highest BCUT2D eigenvalue weighted by molar-refractivity contribution is 7.99. The summed E-state index contributed by atoms with van der Waals surface area (Å²) in [5.41, 5.74) is 3.75. The average molecular weight is 295 g/mol. The van der Waals surface area contributed by atoms with Gasteiger partial charge in [0.05, 0.1) is 17.9 Å². The van der Waals surface area contributed by atoms with Crippen LogP contribution in [0.2, 0.25) is 0 Å². The van der Waals surface area contributed by atoms with Gasteiger partial charge in [-0.25, -0.2) is 9.07 Å². The molecule has 0 aliphatic heterocycles. The molecule has 0 spiro atoms. The molecule has 1 aromatic carbocycles. The lowest BCUT2D eigenvalue weighted by molar-refractivity contribution is 0.501. The molecule has 1 aromatic heterocycles. The Morgan fingerprint density at radius 1 is 1.40 bits per heavy atom. The van der Waals surface area contributed by atoms with E-state index in [-0.39, 0.29) is 11.9 Å². The highest BCUT2D eigenvalue weighted by atomic mass is 32.2. The van der Waals surface area contributed by atoms with Gasteiger partial charge in [0, 0.05) is 17.2 Å². The molecule has 0 saturated heterocycles. The summed E-state index contributed by atoms with van der Waals surface area (Å²) in [5, 5.41) is 7.99. The number of nitrogens with two attached hydrogens (primary N) is 1. The third-order valence-electron chi connectivity index (χ3n) is 2.87. The van der Waals surface area contributed by atoms with Crippen LogP contribution in [0.4, 0.5) is 4.39 Å². The molecule has 2 aromatic rings. The summed E-state index contributed by atoms with van der Waals surface area (Å²) < 4.78 is 14.7. The first-order valence-corrected chi connectivity index (χ1v) is 7.46. The predicted molar refractivity (Wildman–Crippen MR) is 77.5 cm³/mol. The van der Waals surface area contributed by atoms with Gasteiger partial charge in [-0.3, -0.25) is 11.3 Å². The fraction of sp³-hybridized carbons (Fsp3) is 0.385. The molecule has 0 amide bonds. The predicted octanol–water partition coefficient (Wildman–Crippen LogP) is 2.12. The Hall–Kier alpha value is -1.44. The molecule has 0 aliphatic carbocycles. The molecule has 0 aliphatic rings. The fourth-order valence-electron chi connectivity index (χ4n) is 1.85. The van der Waals surface area contributed by atoms with Crippen LogP contribution in [0.1, 0.15) is 25.1 Å². The van der Waals surface area contributed by atoms with Crippen molar-refractivity contribution < 1.29 is 4.39 Å². The number of hydrogen-bond donors (Lipinski definition) is 2. The number of hydrogen-bond acceptors (Lipinski definition) is 5. The Balaban J connectivity index is 2.01. The molecule has 108 valence electrons. The van der Waals surface area contributed by atoms with E-state index in [1.807, 2.05) is 4.68 Å². The third-order valence-corrected chi connectivity index (χ3v) is 3.98. The number of rotatable bonds is 7. The summed E-state index contributed by atoms with van der Waals surface area (Å²) in [5.74, 6) is 6.12. The van der Waals surface area contributed by atoms with Crippen LogP contribution in [0.15, 0.2) is 35.4 Å². The molecule has 1 unspecified atom stereocenters. The van der Waals surface area contributed by atoms with Crippen molar-refractivity contribution in [2.24, 2.45) is 5.84 Å². The van der Waals surface area contributed by atoms with Crippen LogP contribution in [0.25, 0.3) is 0 Å². The maximum atomic E-state index is 12.9. The average Bonchev–Trinajstić information content (AvgIpc) is 2.90. The molecule has 20 heavy (non-hydrogen) atoms. The summed E-state index contributed by atoms with van der Waals surface area (Å²) in [6.07, 6.45) is 2.71. The number of hydrazine groups is 1. The molecule has 2 rings (SSSR count). The van der Waals surface area contributed by atoms with Crippen LogP contribution >= 0.6 is 11.8 Å². The molecule has 3 N–H and O–H groups in total. The van der Waals surface area contributed by atoms with Crippen molar-refractivity contribution in [3.63, 3.8) is 0 Å². The Morgan fingerprint density at radius 3 is 2.80 bits per heavy atom. The van der Waals surface area contributed by atoms with Gasteiger partial charge >= 0.3 is 0 Å². The first kappa shape index (κ1) is 15.0.